The molecule has 1 N–H and O–H groups in total. The average molecular weight is 393 g/mol. The van der Waals surface area contributed by atoms with E-state index < -0.39 is 0 Å². The van der Waals surface area contributed by atoms with E-state index in [2.05, 4.69) is 60.2 Å². The molecule has 0 aromatic heterocycles. The van der Waals surface area contributed by atoms with E-state index in [0.29, 0.717) is 5.92 Å². The van der Waals surface area contributed by atoms with Gasteiger partial charge in [0.05, 0.1) is 6.04 Å². The van der Waals surface area contributed by atoms with Crippen LogP contribution in [0.3, 0.4) is 0 Å². The van der Waals surface area contributed by atoms with E-state index in [1.165, 1.54) is 24.0 Å². The molecule has 1 aromatic carbocycles. The molecule has 1 aliphatic heterocycles. The third-order valence-corrected chi connectivity index (χ3v) is 6.16. The van der Waals surface area contributed by atoms with Gasteiger partial charge in [0.15, 0.2) is 0 Å². The number of hydrogen-bond acceptors (Lipinski definition) is 1. The Morgan fingerprint density at radius 1 is 1.25 bits per heavy atom. The summed E-state index contributed by atoms with van der Waals surface area (Å²) < 4.78 is 1.13. The highest BCUT2D eigenvalue weighted by Crippen LogP contribution is 2.34. The van der Waals surface area contributed by atoms with Crippen LogP contribution in [0.4, 0.5) is 4.79 Å². The summed E-state index contributed by atoms with van der Waals surface area (Å²) in [4.78, 5) is 14.8. The van der Waals surface area contributed by atoms with Gasteiger partial charge in [-0.3, -0.25) is 0 Å². The molecule has 24 heavy (non-hydrogen) atoms. The highest BCUT2D eigenvalue weighted by Gasteiger charge is 2.34. The summed E-state index contributed by atoms with van der Waals surface area (Å²) in [7, 11) is 0. The molecule has 1 saturated heterocycles. The molecular formula is C20H29BrN2O. The molecule has 3 nitrogen and oxygen atoms in total. The first-order chi connectivity index (χ1) is 11.3. The Bertz CT molecular complexity index is 608. The smallest absolute Gasteiger partial charge is 0.317 e. The molecule has 132 valence electrons. The Labute approximate surface area is 154 Å². The fourth-order valence-corrected chi connectivity index (χ4v) is 4.40. The minimum Gasteiger partial charge on any atom is -0.331 e. The lowest BCUT2D eigenvalue weighted by molar-refractivity contribution is 0.192. The molecule has 2 unspecified atom stereocenters. The molecule has 3 rings (SSSR count). The number of likely N-dealkylation sites (tertiary alicyclic amines) is 1. The molecule has 2 aliphatic rings. The van der Waals surface area contributed by atoms with Crippen LogP contribution in [0.2, 0.25) is 0 Å². The van der Waals surface area contributed by atoms with Gasteiger partial charge in [0.1, 0.15) is 0 Å². The first kappa shape index (κ1) is 17.8. The lowest BCUT2D eigenvalue weighted by Gasteiger charge is -2.28. The Hall–Kier alpha value is -1.03. The SMILES string of the molecule is CC(C)(C)C1CCN(C(=O)NC2CCCCc3cc(Br)ccc32)C1. The second-order valence-corrected chi connectivity index (χ2v) is 9.30. The number of urea groups is 1. The highest BCUT2D eigenvalue weighted by molar-refractivity contribution is 9.10. The maximum atomic E-state index is 12.8. The average Bonchev–Trinajstić information content (AvgIpc) is 2.93. The van der Waals surface area contributed by atoms with E-state index in [-0.39, 0.29) is 17.5 Å². The van der Waals surface area contributed by atoms with Crippen molar-refractivity contribution in [1.82, 2.24) is 10.2 Å². The molecule has 0 spiro atoms. The first-order valence-corrected chi connectivity index (χ1v) is 9.97. The van der Waals surface area contributed by atoms with Crippen molar-refractivity contribution in [3.8, 4) is 0 Å². The Kier molecular flexibility index (Phi) is 5.24. The minimum absolute atomic E-state index is 0.113. The summed E-state index contributed by atoms with van der Waals surface area (Å²) in [6.07, 6.45) is 5.63. The molecule has 0 bridgehead atoms. The largest absolute Gasteiger partial charge is 0.331 e. The normalized spacial score (nSPS) is 24.4. The fraction of sp³-hybridized carbons (Fsp3) is 0.650. The van der Waals surface area contributed by atoms with E-state index >= 15 is 0 Å². The van der Waals surface area contributed by atoms with Crippen LogP contribution in [-0.4, -0.2) is 24.0 Å². The Morgan fingerprint density at radius 3 is 2.75 bits per heavy atom. The number of benzene rings is 1. The number of halogens is 1. The van der Waals surface area contributed by atoms with E-state index in [1.54, 1.807) is 0 Å². The van der Waals surface area contributed by atoms with E-state index in [9.17, 15) is 4.79 Å². The van der Waals surface area contributed by atoms with Gasteiger partial charge in [0, 0.05) is 17.6 Å². The van der Waals surface area contributed by atoms with Crippen molar-refractivity contribution in [2.24, 2.45) is 11.3 Å². The summed E-state index contributed by atoms with van der Waals surface area (Å²) >= 11 is 3.57. The van der Waals surface area contributed by atoms with Crippen LogP contribution in [0.1, 0.15) is 63.6 Å². The van der Waals surface area contributed by atoms with Crippen molar-refractivity contribution in [3.63, 3.8) is 0 Å². The molecule has 0 saturated carbocycles. The van der Waals surface area contributed by atoms with Gasteiger partial charge in [-0.1, -0.05) is 49.2 Å². The zero-order valence-electron chi connectivity index (χ0n) is 15.1. The number of aryl methyl sites for hydroxylation is 1. The number of rotatable bonds is 1. The van der Waals surface area contributed by atoms with E-state index in [0.717, 1.165) is 36.8 Å². The number of fused-ring (bicyclic) bond motifs is 1. The van der Waals surface area contributed by atoms with Crippen LogP contribution in [0.5, 0.6) is 0 Å². The molecule has 4 heteroatoms. The van der Waals surface area contributed by atoms with Gasteiger partial charge in [-0.05, 0) is 60.3 Å². The minimum atomic E-state index is 0.113. The molecule has 1 aliphatic carbocycles. The van der Waals surface area contributed by atoms with Crippen molar-refractivity contribution in [1.29, 1.82) is 0 Å². The maximum absolute atomic E-state index is 12.8. The Morgan fingerprint density at radius 2 is 2.04 bits per heavy atom. The van der Waals surface area contributed by atoms with Crippen LogP contribution >= 0.6 is 15.9 Å². The van der Waals surface area contributed by atoms with Crippen LogP contribution in [0.25, 0.3) is 0 Å². The van der Waals surface area contributed by atoms with Crippen LogP contribution < -0.4 is 5.32 Å². The summed E-state index contributed by atoms with van der Waals surface area (Å²) in [5.74, 6) is 0.598. The van der Waals surface area contributed by atoms with Crippen molar-refractivity contribution in [2.45, 2.75) is 58.9 Å². The summed E-state index contributed by atoms with van der Waals surface area (Å²) in [5.41, 5.74) is 2.95. The standard InChI is InChI=1S/C20H29BrN2O/c1-20(2,3)15-10-11-23(13-15)19(24)22-18-7-5-4-6-14-12-16(21)8-9-17(14)18/h8-9,12,15,18H,4-7,10-11,13H2,1-3H3,(H,22,24). The third kappa shape index (κ3) is 3.96. The number of carbonyl (C=O) groups is 1. The fourth-order valence-electron chi connectivity index (χ4n) is 3.99. The third-order valence-electron chi connectivity index (χ3n) is 5.67. The van der Waals surface area contributed by atoms with Gasteiger partial charge in [-0.25, -0.2) is 4.79 Å². The van der Waals surface area contributed by atoms with Gasteiger partial charge in [-0.2, -0.15) is 0 Å². The zero-order valence-corrected chi connectivity index (χ0v) is 16.7. The predicted molar refractivity (Wildman–Crippen MR) is 102 cm³/mol. The molecule has 2 atom stereocenters. The number of hydrogen-bond donors (Lipinski definition) is 1. The highest BCUT2D eigenvalue weighted by atomic mass is 79.9. The molecule has 1 heterocycles. The van der Waals surface area contributed by atoms with Gasteiger partial charge in [0.25, 0.3) is 0 Å². The maximum Gasteiger partial charge on any atom is 0.317 e. The quantitative estimate of drug-likeness (QED) is 0.646. The van der Waals surface area contributed by atoms with Crippen molar-refractivity contribution in [2.75, 3.05) is 13.1 Å². The van der Waals surface area contributed by atoms with E-state index in [4.69, 9.17) is 0 Å². The monoisotopic (exact) mass is 392 g/mol. The van der Waals surface area contributed by atoms with Gasteiger partial charge < -0.3 is 10.2 Å². The van der Waals surface area contributed by atoms with Crippen LogP contribution in [0, 0.1) is 11.3 Å². The molecule has 1 aromatic rings. The number of amides is 2. The molecular weight excluding hydrogens is 364 g/mol. The van der Waals surface area contributed by atoms with Gasteiger partial charge in [0.2, 0.25) is 0 Å². The van der Waals surface area contributed by atoms with Gasteiger partial charge >= 0.3 is 6.03 Å². The second-order valence-electron chi connectivity index (χ2n) is 8.39. The number of carbonyl (C=O) groups excluding carboxylic acids is 1. The number of nitrogens with one attached hydrogen (secondary N) is 1. The van der Waals surface area contributed by atoms with Crippen molar-refractivity contribution >= 4 is 22.0 Å². The van der Waals surface area contributed by atoms with Crippen molar-refractivity contribution < 1.29 is 4.79 Å². The lowest BCUT2D eigenvalue weighted by atomic mass is 9.80. The Balaban J connectivity index is 1.69. The molecule has 2 amide bonds. The molecule has 1 fully saturated rings. The van der Waals surface area contributed by atoms with Crippen LogP contribution in [-0.2, 0) is 6.42 Å². The first-order valence-electron chi connectivity index (χ1n) is 9.18. The topological polar surface area (TPSA) is 32.3 Å². The lowest BCUT2D eigenvalue weighted by Crippen LogP contribution is -2.41. The molecule has 0 radical (unpaired) electrons. The summed E-state index contributed by atoms with van der Waals surface area (Å²) in [5, 5.41) is 3.32. The summed E-state index contributed by atoms with van der Waals surface area (Å²) in [6.45, 7) is 8.60. The zero-order chi connectivity index (χ0) is 17.3. The van der Waals surface area contributed by atoms with E-state index in [1.807, 2.05) is 4.90 Å². The van der Waals surface area contributed by atoms with Crippen LogP contribution in [0.15, 0.2) is 22.7 Å². The number of nitrogens with zero attached hydrogens (tertiary/aromatic N) is 1. The predicted octanol–water partition coefficient (Wildman–Crippen LogP) is 5.29. The summed E-state index contributed by atoms with van der Waals surface area (Å²) in [6, 6.07) is 6.75. The van der Waals surface area contributed by atoms with Crippen molar-refractivity contribution in [3.05, 3.63) is 33.8 Å². The van der Waals surface area contributed by atoms with Gasteiger partial charge in [-0.15, -0.1) is 0 Å². The second kappa shape index (κ2) is 7.07.